The minimum absolute atomic E-state index is 0.0513. The van der Waals surface area contributed by atoms with Gasteiger partial charge in [0, 0.05) is 23.7 Å². The van der Waals surface area contributed by atoms with Gasteiger partial charge in [-0.15, -0.1) is 0 Å². The second-order valence-electron chi connectivity index (χ2n) is 6.33. The summed E-state index contributed by atoms with van der Waals surface area (Å²) in [6, 6.07) is 9.47. The Morgan fingerprint density at radius 2 is 1.96 bits per heavy atom. The molecule has 0 saturated heterocycles. The molecule has 1 amide bonds. The minimum atomic E-state index is -0.0839. The van der Waals surface area contributed by atoms with E-state index in [9.17, 15) is 4.79 Å². The first-order valence-electron chi connectivity index (χ1n) is 7.71. The molecule has 1 N–H and O–H groups in total. The summed E-state index contributed by atoms with van der Waals surface area (Å²) in [6.07, 6.45) is 3.61. The molecular weight excluding hydrogens is 290 g/mol. The average molecular weight is 313 g/mol. The fourth-order valence-corrected chi connectivity index (χ4v) is 2.22. The molecule has 23 heavy (non-hydrogen) atoms. The van der Waals surface area contributed by atoms with Gasteiger partial charge >= 0.3 is 0 Å². The van der Waals surface area contributed by atoms with Crippen molar-refractivity contribution < 1.29 is 9.53 Å². The molecule has 0 fully saturated rings. The van der Waals surface area contributed by atoms with Crippen LogP contribution in [0.2, 0.25) is 0 Å². The summed E-state index contributed by atoms with van der Waals surface area (Å²) in [5, 5.41) is 2.90. The van der Waals surface area contributed by atoms with Crippen LogP contribution in [0.25, 0.3) is 0 Å². The van der Waals surface area contributed by atoms with Crippen molar-refractivity contribution in [1.82, 2.24) is 15.3 Å². The molecule has 0 radical (unpaired) electrons. The number of benzene rings is 1. The summed E-state index contributed by atoms with van der Waals surface area (Å²) in [7, 11) is 0. The SMILES string of the molecule is CC(C)(C)c1ncncc1CNC(=O)CCOc1ccccc1. The van der Waals surface area contributed by atoms with Gasteiger partial charge in [0.05, 0.1) is 18.7 Å². The topological polar surface area (TPSA) is 64.1 Å². The number of hydrogen-bond acceptors (Lipinski definition) is 4. The second-order valence-corrected chi connectivity index (χ2v) is 6.33. The van der Waals surface area contributed by atoms with Crippen molar-refractivity contribution in [3.05, 3.63) is 54.1 Å². The molecule has 0 saturated carbocycles. The van der Waals surface area contributed by atoms with E-state index in [2.05, 4.69) is 36.1 Å². The highest BCUT2D eigenvalue weighted by Crippen LogP contribution is 2.22. The monoisotopic (exact) mass is 313 g/mol. The van der Waals surface area contributed by atoms with Gasteiger partial charge in [0.1, 0.15) is 12.1 Å². The number of rotatable bonds is 6. The number of nitrogens with zero attached hydrogens (tertiary/aromatic N) is 2. The van der Waals surface area contributed by atoms with E-state index in [1.807, 2.05) is 30.3 Å². The lowest BCUT2D eigenvalue weighted by Crippen LogP contribution is -2.27. The molecule has 0 bridgehead atoms. The van der Waals surface area contributed by atoms with Crippen LogP contribution in [0.1, 0.15) is 38.4 Å². The van der Waals surface area contributed by atoms with Gasteiger partial charge in [-0.25, -0.2) is 9.97 Å². The molecule has 0 spiro atoms. The third kappa shape index (κ3) is 5.36. The highest BCUT2D eigenvalue weighted by atomic mass is 16.5. The molecule has 0 atom stereocenters. The average Bonchev–Trinajstić information content (AvgIpc) is 2.53. The van der Waals surface area contributed by atoms with Crippen LogP contribution in [-0.2, 0) is 16.8 Å². The highest BCUT2D eigenvalue weighted by Gasteiger charge is 2.19. The molecule has 1 heterocycles. The van der Waals surface area contributed by atoms with Crippen LogP contribution in [0.3, 0.4) is 0 Å². The number of aromatic nitrogens is 2. The van der Waals surface area contributed by atoms with Crippen molar-refractivity contribution >= 4 is 5.91 Å². The summed E-state index contributed by atoms with van der Waals surface area (Å²) >= 11 is 0. The first-order valence-corrected chi connectivity index (χ1v) is 7.71. The Balaban J connectivity index is 1.81. The van der Waals surface area contributed by atoms with Gasteiger partial charge < -0.3 is 10.1 Å². The molecule has 1 aromatic carbocycles. The smallest absolute Gasteiger partial charge is 0.223 e. The first kappa shape index (κ1) is 16.9. The van der Waals surface area contributed by atoms with Crippen molar-refractivity contribution in [2.75, 3.05) is 6.61 Å². The number of hydrogen-bond donors (Lipinski definition) is 1. The molecule has 122 valence electrons. The van der Waals surface area contributed by atoms with Gasteiger partial charge in [-0.05, 0) is 12.1 Å². The van der Waals surface area contributed by atoms with Gasteiger partial charge in [-0.3, -0.25) is 4.79 Å². The molecule has 5 nitrogen and oxygen atoms in total. The largest absolute Gasteiger partial charge is 0.493 e. The minimum Gasteiger partial charge on any atom is -0.493 e. The van der Waals surface area contributed by atoms with Gasteiger partial charge in [0.15, 0.2) is 0 Å². The van der Waals surface area contributed by atoms with E-state index in [1.165, 1.54) is 0 Å². The maximum absolute atomic E-state index is 11.9. The van der Waals surface area contributed by atoms with E-state index in [1.54, 1.807) is 12.5 Å². The van der Waals surface area contributed by atoms with Crippen LogP contribution < -0.4 is 10.1 Å². The fraction of sp³-hybridized carbons (Fsp3) is 0.389. The summed E-state index contributed by atoms with van der Waals surface area (Å²) < 4.78 is 5.52. The van der Waals surface area contributed by atoms with E-state index < -0.39 is 0 Å². The Kier molecular flexibility index (Phi) is 5.68. The molecular formula is C18H23N3O2. The van der Waals surface area contributed by atoms with Crippen molar-refractivity contribution in [2.45, 2.75) is 39.2 Å². The van der Waals surface area contributed by atoms with Crippen molar-refractivity contribution in [3.8, 4) is 5.75 Å². The summed E-state index contributed by atoms with van der Waals surface area (Å²) in [5.74, 6) is 0.719. The number of amides is 1. The Bertz CT molecular complexity index is 636. The summed E-state index contributed by atoms with van der Waals surface area (Å²) in [6.45, 7) is 7.06. The van der Waals surface area contributed by atoms with Gasteiger partial charge in [0.2, 0.25) is 5.91 Å². The zero-order valence-electron chi connectivity index (χ0n) is 13.9. The van der Waals surface area contributed by atoms with Crippen LogP contribution >= 0.6 is 0 Å². The molecule has 0 aliphatic rings. The molecule has 5 heteroatoms. The summed E-state index contributed by atoms with van der Waals surface area (Å²) in [5.41, 5.74) is 1.81. The van der Waals surface area contributed by atoms with Crippen LogP contribution in [0, 0.1) is 0 Å². The normalized spacial score (nSPS) is 11.1. The van der Waals surface area contributed by atoms with Crippen molar-refractivity contribution in [2.24, 2.45) is 0 Å². The lowest BCUT2D eigenvalue weighted by Gasteiger charge is -2.21. The third-order valence-electron chi connectivity index (χ3n) is 3.32. The zero-order valence-corrected chi connectivity index (χ0v) is 13.9. The predicted molar refractivity (Wildman–Crippen MR) is 89.1 cm³/mol. The maximum atomic E-state index is 11.9. The Morgan fingerprint density at radius 3 is 2.65 bits per heavy atom. The number of nitrogens with one attached hydrogen (secondary N) is 1. The first-order chi connectivity index (χ1) is 11.0. The van der Waals surface area contributed by atoms with E-state index in [4.69, 9.17) is 4.74 Å². The molecule has 0 unspecified atom stereocenters. The standard InChI is InChI=1S/C18H23N3O2/c1-18(2,3)17-14(11-19-13-21-17)12-20-16(22)9-10-23-15-7-5-4-6-8-15/h4-8,11,13H,9-10,12H2,1-3H3,(H,20,22). The molecule has 2 aromatic rings. The van der Waals surface area contributed by atoms with E-state index >= 15 is 0 Å². The number of carbonyl (C=O) groups is 1. The lowest BCUT2D eigenvalue weighted by atomic mass is 9.89. The van der Waals surface area contributed by atoms with Crippen LogP contribution in [0.4, 0.5) is 0 Å². The zero-order chi connectivity index (χ0) is 16.7. The molecule has 0 aliphatic heterocycles. The fourth-order valence-electron chi connectivity index (χ4n) is 2.22. The second kappa shape index (κ2) is 7.72. The predicted octanol–water partition coefficient (Wildman–Crippen LogP) is 2.86. The molecule has 1 aromatic heterocycles. The van der Waals surface area contributed by atoms with Gasteiger partial charge in [-0.1, -0.05) is 39.0 Å². The maximum Gasteiger partial charge on any atom is 0.223 e. The number of para-hydroxylation sites is 1. The highest BCUT2D eigenvalue weighted by molar-refractivity contribution is 5.76. The molecule has 2 rings (SSSR count). The van der Waals surface area contributed by atoms with Gasteiger partial charge in [-0.2, -0.15) is 0 Å². The summed E-state index contributed by atoms with van der Waals surface area (Å²) in [4.78, 5) is 20.3. The number of carbonyl (C=O) groups excluding carboxylic acids is 1. The quantitative estimate of drug-likeness (QED) is 0.890. The number of ether oxygens (including phenoxy) is 1. The van der Waals surface area contributed by atoms with Crippen LogP contribution in [0.5, 0.6) is 5.75 Å². The van der Waals surface area contributed by atoms with Gasteiger partial charge in [0.25, 0.3) is 0 Å². The Morgan fingerprint density at radius 1 is 1.22 bits per heavy atom. The van der Waals surface area contributed by atoms with Crippen molar-refractivity contribution in [1.29, 1.82) is 0 Å². The lowest BCUT2D eigenvalue weighted by molar-refractivity contribution is -0.121. The van der Waals surface area contributed by atoms with E-state index in [-0.39, 0.29) is 11.3 Å². The van der Waals surface area contributed by atoms with Crippen molar-refractivity contribution in [3.63, 3.8) is 0 Å². The Hall–Kier alpha value is -2.43. The third-order valence-corrected chi connectivity index (χ3v) is 3.32. The van der Waals surface area contributed by atoms with E-state index in [0.717, 1.165) is 17.0 Å². The van der Waals surface area contributed by atoms with Crippen LogP contribution in [0.15, 0.2) is 42.9 Å². The van der Waals surface area contributed by atoms with Crippen LogP contribution in [-0.4, -0.2) is 22.5 Å². The van der Waals surface area contributed by atoms with E-state index in [0.29, 0.717) is 19.6 Å². The Labute approximate surface area is 137 Å². The molecule has 0 aliphatic carbocycles.